The predicted octanol–water partition coefficient (Wildman–Crippen LogP) is 2.94. The van der Waals surface area contributed by atoms with E-state index in [1.54, 1.807) is 4.68 Å². The second kappa shape index (κ2) is 5.16. The number of aryl methyl sites for hydroxylation is 1. The molecule has 4 nitrogen and oxygen atoms in total. The van der Waals surface area contributed by atoms with Crippen molar-refractivity contribution < 1.29 is 0 Å². The zero-order valence-electron chi connectivity index (χ0n) is 10.5. The third-order valence-electron chi connectivity index (χ3n) is 2.90. The molecule has 0 aliphatic carbocycles. The van der Waals surface area contributed by atoms with Crippen molar-refractivity contribution in [3.63, 3.8) is 0 Å². The van der Waals surface area contributed by atoms with Crippen LogP contribution in [0, 0.1) is 3.57 Å². The molecule has 0 fully saturated rings. The third kappa shape index (κ3) is 2.86. The van der Waals surface area contributed by atoms with Gasteiger partial charge in [-0.1, -0.05) is 12.1 Å². The zero-order valence-corrected chi connectivity index (χ0v) is 12.7. The molecule has 0 spiro atoms. The van der Waals surface area contributed by atoms with Gasteiger partial charge in [-0.2, -0.15) is 10.2 Å². The van der Waals surface area contributed by atoms with E-state index in [0.717, 1.165) is 11.3 Å². The van der Waals surface area contributed by atoms with Crippen LogP contribution in [0.3, 0.4) is 0 Å². The molecule has 2 heterocycles. The summed E-state index contributed by atoms with van der Waals surface area (Å²) in [5.41, 5.74) is 3.33. The molecule has 0 bridgehead atoms. The monoisotopic (exact) mass is 364 g/mol. The molecular weight excluding hydrogens is 351 g/mol. The van der Waals surface area contributed by atoms with Crippen LogP contribution in [0.5, 0.6) is 0 Å². The lowest BCUT2D eigenvalue weighted by atomic mass is 10.1. The quantitative estimate of drug-likeness (QED) is 0.670. The van der Waals surface area contributed by atoms with E-state index in [1.165, 1.54) is 9.13 Å². The smallest absolute Gasteiger partial charge is 0.0850 e. The molecule has 3 rings (SSSR count). The molecule has 1 aromatic carbocycles. The average molecular weight is 364 g/mol. The Labute approximate surface area is 125 Å². The van der Waals surface area contributed by atoms with E-state index < -0.39 is 0 Å². The Balaban J connectivity index is 1.81. The predicted molar refractivity (Wildman–Crippen MR) is 82.7 cm³/mol. The maximum absolute atomic E-state index is 4.39. The highest BCUT2D eigenvalue weighted by Gasteiger charge is 2.03. The van der Waals surface area contributed by atoms with Crippen molar-refractivity contribution in [1.82, 2.24) is 19.6 Å². The van der Waals surface area contributed by atoms with E-state index in [9.17, 15) is 0 Å². The molecule has 3 aromatic rings. The molecule has 0 aliphatic heterocycles. The molecule has 0 N–H and O–H groups in total. The molecule has 19 heavy (non-hydrogen) atoms. The summed E-state index contributed by atoms with van der Waals surface area (Å²) in [5, 5.41) is 8.74. The molecule has 0 aliphatic rings. The summed E-state index contributed by atoms with van der Waals surface area (Å²) in [6.07, 6.45) is 5.89. The van der Waals surface area contributed by atoms with Crippen LogP contribution >= 0.6 is 22.6 Å². The van der Waals surface area contributed by atoms with Gasteiger partial charge in [-0.3, -0.25) is 9.36 Å². The van der Waals surface area contributed by atoms with Gasteiger partial charge in [-0.15, -0.1) is 0 Å². The maximum atomic E-state index is 4.39. The van der Waals surface area contributed by atoms with E-state index in [0.29, 0.717) is 6.54 Å². The van der Waals surface area contributed by atoms with E-state index in [2.05, 4.69) is 63.3 Å². The standard InChI is InChI=1S/C14H13IN4/c1-18-7-6-14(17-18)10-19-9-12(8-16-19)11-2-4-13(15)5-3-11/h2-9H,10H2,1H3. The lowest BCUT2D eigenvalue weighted by Gasteiger charge is -1.98. The Morgan fingerprint density at radius 2 is 1.89 bits per heavy atom. The number of halogens is 1. The van der Waals surface area contributed by atoms with Crippen molar-refractivity contribution in [3.05, 3.63) is 58.2 Å². The van der Waals surface area contributed by atoms with Crippen molar-refractivity contribution in [3.8, 4) is 11.1 Å². The third-order valence-corrected chi connectivity index (χ3v) is 3.62. The number of hydrogen-bond donors (Lipinski definition) is 0. The first-order valence-electron chi connectivity index (χ1n) is 5.97. The molecule has 0 radical (unpaired) electrons. The molecule has 2 aromatic heterocycles. The normalized spacial score (nSPS) is 10.8. The summed E-state index contributed by atoms with van der Waals surface area (Å²) in [6, 6.07) is 10.4. The van der Waals surface area contributed by atoms with Gasteiger partial charge in [0.2, 0.25) is 0 Å². The van der Waals surface area contributed by atoms with Crippen molar-refractivity contribution in [2.75, 3.05) is 0 Å². The van der Waals surface area contributed by atoms with Gasteiger partial charge in [0, 0.05) is 28.6 Å². The highest BCUT2D eigenvalue weighted by Crippen LogP contribution is 2.19. The summed E-state index contributed by atoms with van der Waals surface area (Å²) >= 11 is 2.31. The minimum absolute atomic E-state index is 0.700. The molecule has 0 unspecified atom stereocenters. The van der Waals surface area contributed by atoms with Crippen LogP contribution in [0.1, 0.15) is 5.69 Å². The van der Waals surface area contributed by atoms with Crippen molar-refractivity contribution >= 4 is 22.6 Å². The van der Waals surface area contributed by atoms with Gasteiger partial charge in [0.1, 0.15) is 0 Å². The van der Waals surface area contributed by atoms with Crippen molar-refractivity contribution in [2.24, 2.45) is 7.05 Å². The lowest BCUT2D eigenvalue weighted by molar-refractivity contribution is 0.650. The number of aromatic nitrogens is 4. The molecule has 0 saturated carbocycles. The van der Waals surface area contributed by atoms with Crippen LogP contribution < -0.4 is 0 Å². The fraction of sp³-hybridized carbons (Fsp3) is 0.143. The molecule has 96 valence electrons. The van der Waals surface area contributed by atoms with Crippen LogP contribution in [0.2, 0.25) is 0 Å². The fourth-order valence-electron chi connectivity index (χ4n) is 1.95. The van der Waals surface area contributed by atoms with E-state index >= 15 is 0 Å². The fourth-order valence-corrected chi connectivity index (χ4v) is 2.31. The lowest BCUT2D eigenvalue weighted by Crippen LogP contribution is -2.01. The molecule has 0 amide bonds. The Morgan fingerprint density at radius 1 is 1.11 bits per heavy atom. The van der Waals surface area contributed by atoms with Gasteiger partial charge in [0.05, 0.1) is 18.4 Å². The van der Waals surface area contributed by atoms with Crippen molar-refractivity contribution in [2.45, 2.75) is 6.54 Å². The largest absolute Gasteiger partial charge is 0.275 e. The van der Waals surface area contributed by atoms with Gasteiger partial charge >= 0.3 is 0 Å². The summed E-state index contributed by atoms with van der Waals surface area (Å²) in [7, 11) is 1.92. The zero-order chi connectivity index (χ0) is 13.2. The van der Waals surface area contributed by atoms with Gasteiger partial charge in [0.25, 0.3) is 0 Å². The Morgan fingerprint density at radius 3 is 2.58 bits per heavy atom. The van der Waals surface area contributed by atoms with E-state index in [1.807, 2.05) is 30.2 Å². The van der Waals surface area contributed by atoms with Crippen LogP contribution in [0.4, 0.5) is 0 Å². The second-order valence-electron chi connectivity index (χ2n) is 4.41. The minimum Gasteiger partial charge on any atom is -0.275 e. The van der Waals surface area contributed by atoms with Gasteiger partial charge < -0.3 is 0 Å². The second-order valence-corrected chi connectivity index (χ2v) is 5.66. The SMILES string of the molecule is Cn1ccc(Cn2cc(-c3ccc(I)cc3)cn2)n1. The van der Waals surface area contributed by atoms with Gasteiger partial charge in [-0.25, -0.2) is 0 Å². The number of benzene rings is 1. The number of hydrogen-bond acceptors (Lipinski definition) is 2. The maximum Gasteiger partial charge on any atom is 0.0850 e. The first-order chi connectivity index (χ1) is 9.20. The summed E-state index contributed by atoms with van der Waals surface area (Å²) < 4.78 is 4.95. The Hall–Kier alpha value is -1.63. The summed E-state index contributed by atoms with van der Waals surface area (Å²) in [4.78, 5) is 0. The molecular formula is C14H13IN4. The first-order valence-corrected chi connectivity index (χ1v) is 7.05. The van der Waals surface area contributed by atoms with Crippen LogP contribution in [-0.2, 0) is 13.6 Å². The topological polar surface area (TPSA) is 35.6 Å². The first kappa shape index (κ1) is 12.4. The van der Waals surface area contributed by atoms with Crippen LogP contribution in [-0.4, -0.2) is 19.6 Å². The highest BCUT2D eigenvalue weighted by atomic mass is 127. The average Bonchev–Trinajstić information content (AvgIpc) is 3.00. The number of nitrogens with zero attached hydrogens (tertiary/aromatic N) is 4. The van der Waals surface area contributed by atoms with Gasteiger partial charge in [-0.05, 0) is 46.4 Å². The Bertz CT molecular complexity index is 682. The summed E-state index contributed by atoms with van der Waals surface area (Å²) in [5.74, 6) is 0. The molecule has 0 atom stereocenters. The minimum atomic E-state index is 0.700. The van der Waals surface area contributed by atoms with E-state index in [4.69, 9.17) is 0 Å². The van der Waals surface area contributed by atoms with E-state index in [-0.39, 0.29) is 0 Å². The van der Waals surface area contributed by atoms with Crippen LogP contribution in [0.25, 0.3) is 11.1 Å². The highest BCUT2D eigenvalue weighted by molar-refractivity contribution is 14.1. The van der Waals surface area contributed by atoms with Gasteiger partial charge in [0.15, 0.2) is 0 Å². The van der Waals surface area contributed by atoms with Crippen LogP contribution in [0.15, 0.2) is 48.9 Å². The summed E-state index contributed by atoms with van der Waals surface area (Å²) in [6.45, 7) is 0.700. The molecule has 0 saturated heterocycles. The molecule has 5 heteroatoms. The number of rotatable bonds is 3. The van der Waals surface area contributed by atoms with Crippen molar-refractivity contribution in [1.29, 1.82) is 0 Å². The Kier molecular flexibility index (Phi) is 3.37.